The van der Waals surface area contributed by atoms with Crippen molar-refractivity contribution >= 4 is 11.9 Å². The molecule has 0 saturated heterocycles. The molecule has 0 bridgehead atoms. The molecule has 32 heavy (non-hydrogen) atoms. The first-order valence-electron chi connectivity index (χ1n) is 12.7. The first-order chi connectivity index (χ1) is 14.4. The van der Waals surface area contributed by atoms with Crippen LogP contribution in [-0.4, -0.2) is 22.2 Å². The van der Waals surface area contributed by atoms with Crippen LogP contribution in [0.25, 0.3) is 0 Å². The molecule has 1 atom stereocenters. The zero-order valence-corrected chi connectivity index (χ0v) is 24.1. The molecule has 0 aliphatic heterocycles. The van der Waals surface area contributed by atoms with E-state index in [2.05, 4.69) is 20.8 Å². The quantitative estimate of drug-likeness (QED) is 0.120. The second-order valence-electron chi connectivity index (χ2n) is 8.71. The number of hydrogen-bond acceptors (Lipinski definition) is 2. The molecule has 0 amide bonds. The summed E-state index contributed by atoms with van der Waals surface area (Å²) < 4.78 is 0. The van der Waals surface area contributed by atoms with Crippen LogP contribution < -0.4 is 48.4 Å². The average Bonchev–Trinajstić information content (AvgIpc) is 2.68. The number of carbonyl (C=O) groups is 2. The second kappa shape index (κ2) is 33.7. The van der Waals surface area contributed by atoms with Crippen molar-refractivity contribution < 1.29 is 69.6 Å². The molecule has 0 fully saturated rings. The fourth-order valence-corrected chi connectivity index (χ4v) is 3.58. The average molecular weight is 459 g/mol. The van der Waals surface area contributed by atoms with Gasteiger partial charge in [0.2, 0.25) is 0 Å². The summed E-state index contributed by atoms with van der Waals surface area (Å²) in [7, 11) is 0. The van der Waals surface area contributed by atoms with Crippen molar-refractivity contribution in [2.24, 2.45) is 5.92 Å². The molecule has 6 heteroatoms. The minimum absolute atomic E-state index is 0. The largest absolute Gasteiger partial charge is 1.00 e. The molecule has 1 unspecified atom stereocenters. The van der Waals surface area contributed by atoms with Gasteiger partial charge in [0.05, 0.1) is 0 Å². The second-order valence-corrected chi connectivity index (χ2v) is 8.71. The van der Waals surface area contributed by atoms with Crippen LogP contribution in [0.2, 0.25) is 0 Å². The Morgan fingerprint density at radius 1 is 0.625 bits per heavy atom. The fraction of sp³-hybridized carbons (Fsp3) is 0.885. The van der Waals surface area contributed by atoms with Gasteiger partial charge in [-0.05, 0) is 0 Å². The van der Waals surface area contributed by atoms with Crippen molar-refractivity contribution in [3.63, 3.8) is 0 Å². The van der Waals surface area contributed by atoms with Gasteiger partial charge < -0.3 is 18.6 Å². The van der Waals surface area contributed by atoms with E-state index in [1.54, 1.807) is 0 Å². The van der Waals surface area contributed by atoms with E-state index in [-0.39, 0.29) is 49.8 Å². The van der Waals surface area contributed by atoms with Gasteiger partial charge in [-0.25, -0.2) is 0 Å². The summed E-state index contributed by atoms with van der Waals surface area (Å²) in [5.41, 5.74) is 0. The standard InChI is InChI=1S/C23H47.C3H4O4.Li.Na.H/c1-4-6-8-10-12-13-14-16-18-20-22-23(3)21-19-17-15-11-9-7-5-2;4-2(5)1-3(6)7;;;/h23H,3-22H2,1-2H3;1H2,(H,4,5)(H,6,7);;;/q-1;;2*+1;-1. The number of unbranched alkanes of at least 4 members (excludes halogenated alkanes) is 15. The Bertz CT molecular complexity index is 375. The molecular formula is C26H52LiNaO4. The van der Waals surface area contributed by atoms with E-state index in [1.807, 2.05) is 0 Å². The van der Waals surface area contributed by atoms with E-state index in [4.69, 9.17) is 10.2 Å². The maximum atomic E-state index is 9.43. The Morgan fingerprint density at radius 2 is 0.875 bits per heavy atom. The third kappa shape index (κ3) is 40.9. The van der Waals surface area contributed by atoms with Crippen molar-refractivity contribution in [2.75, 3.05) is 0 Å². The van der Waals surface area contributed by atoms with Gasteiger partial charge in [0.15, 0.2) is 0 Å². The van der Waals surface area contributed by atoms with Crippen LogP contribution in [0.3, 0.4) is 0 Å². The zero-order chi connectivity index (χ0) is 22.9. The third-order valence-corrected chi connectivity index (χ3v) is 5.48. The molecule has 0 spiro atoms. The topological polar surface area (TPSA) is 74.6 Å². The van der Waals surface area contributed by atoms with E-state index >= 15 is 0 Å². The normalized spacial score (nSPS) is 10.8. The summed E-state index contributed by atoms with van der Waals surface area (Å²) in [5.74, 6) is -1.90. The number of rotatable bonds is 21. The van der Waals surface area contributed by atoms with Crippen molar-refractivity contribution in [1.29, 1.82) is 0 Å². The molecule has 4 nitrogen and oxygen atoms in total. The van der Waals surface area contributed by atoms with Crippen molar-refractivity contribution in [2.45, 2.75) is 142 Å². The van der Waals surface area contributed by atoms with Crippen LogP contribution in [0.15, 0.2) is 0 Å². The molecule has 0 rings (SSSR count). The zero-order valence-electron chi connectivity index (χ0n) is 23.1. The smallest absolute Gasteiger partial charge is 1.00 e. The number of aliphatic carboxylic acids is 2. The maximum absolute atomic E-state index is 9.43. The summed E-state index contributed by atoms with van der Waals surface area (Å²) in [5, 5.41) is 15.4. The van der Waals surface area contributed by atoms with Crippen molar-refractivity contribution in [1.82, 2.24) is 0 Å². The van der Waals surface area contributed by atoms with E-state index in [0.717, 1.165) is 5.92 Å². The van der Waals surface area contributed by atoms with Gasteiger partial charge in [-0.3, -0.25) is 9.59 Å². The Balaban J connectivity index is -0.000000227. The van der Waals surface area contributed by atoms with Gasteiger partial charge in [0, 0.05) is 0 Å². The minimum Gasteiger partial charge on any atom is -1.00 e. The van der Waals surface area contributed by atoms with Crippen LogP contribution in [0.4, 0.5) is 0 Å². The molecule has 0 aromatic carbocycles. The molecule has 182 valence electrons. The summed E-state index contributed by atoms with van der Waals surface area (Å²) in [6.45, 7) is 8.95. The van der Waals surface area contributed by atoms with Crippen LogP contribution >= 0.6 is 0 Å². The Hall–Kier alpha value is 0.537. The third-order valence-electron chi connectivity index (χ3n) is 5.48. The monoisotopic (exact) mass is 458 g/mol. The first kappa shape index (κ1) is 39.7. The Morgan fingerprint density at radius 3 is 1.09 bits per heavy atom. The van der Waals surface area contributed by atoms with E-state index in [9.17, 15) is 9.59 Å². The first-order valence-corrected chi connectivity index (χ1v) is 12.7. The van der Waals surface area contributed by atoms with Crippen LogP contribution in [0.1, 0.15) is 144 Å². The van der Waals surface area contributed by atoms with E-state index in [0.29, 0.717) is 0 Å². The molecule has 0 radical (unpaired) electrons. The summed E-state index contributed by atoms with van der Waals surface area (Å²) in [4.78, 5) is 18.9. The van der Waals surface area contributed by atoms with Gasteiger partial charge in [0.1, 0.15) is 6.42 Å². The van der Waals surface area contributed by atoms with Gasteiger partial charge in [0.25, 0.3) is 0 Å². The molecule has 0 aliphatic rings. The summed E-state index contributed by atoms with van der Waals surface area (Å²) in [6.07, 6.45) is 26.4. The van der Waals surface area contributed by atoms with Gasteiger partial charge in [-0.2, -0.15) is 5.92 Å². The maximum Gasteiger partial charge on any atom is 1.00 e. The predicted octanol–water partition coefficient (Wildman–Crippen LogP) is 2.55. The summed E-state index contributed by atoms with van der Waals surface area (Å²) >= 11 is 0. The van der Waals surface area contributed by atoms with Crippen molar-refractivity contribution in [3.8, 4) is 0 Å². The Kier molecular flexibility index (Phi) is 41.9. The molecule has 0 aliphatic carbocycles. The van der Waals surface area contributed by atoms with E-state index in [1.165, 1.54) is 122 Å². The van der Waals surface area contributed by atoms with Crippen molar-refractivity contribution in [3.05, 3.63) is 6.92 Å². The van der Waals surface area contributed by atoms with Crippen LogP contribution in [0, 0.1) is 12.8 Å². The number of carboxylic acid groups (broad SMARTS) is 2. The van der Waals surface area contributed by atoms with Crippen LogP contribution in [-0.2, 0) is 9.59 Å². The minimum atomic E-state index is -1.31. The number of hydrogen-bond donors (Lipinski definition) is 2. The SMILES string of the molecule is O=C(O)CC(=O)O.[CH2-]C(CCCCCCCCC)CCCCCCCCCCCC.[H-].[Li+].[Na+]. The Labute approximate surface area is 235 Å². The molecule has 0 heterocycles. The fourth-order valence-electron chi connectivity index (χ4n) is 3.58. The summed E-state index contributed by atoms with van der Waals surface area (Å²) in [6, 6.07) is 0. The van der Waals surface area contributed by atoms with E-state index < -0.39 is 18.4 Å². The molecular weight excluding hydrogens is 406 g/mol. The predicted molar refractivity (Wildman–Crippen MR) is 129 cm³/mol. The molecule has 2 N–H and O–H groups in total. The van der Waals surface area contributed by atoms with Gasteiger partial charge in [-0.15, -0.1) is 0 Å². The molecule has 0 saturated carbocycles. The van der Waals surface area contributed by atoms with Gasteiger partial charge >= 0.3 is 60.4 Å². The molecule has 0 aromatic heterocycles. The number of carboxylic acids is 2. The van der Waals surface area contributed by atoms with Gasteiger partial charge in [-0.1, -0.05) is 136 Å². The molecule has 0 aromatic rings. The van der Waals surface area contributed by atoms with Crippen LogP contribution in [0.5, 0.6) is 0 Å².